The lowest BCUT2D eigenvalue weighted by Gasteiger charge is -2.23. The third-order valence-corrected chi connectivity index (χ3v) is 6.65. The second-order valence-corrected chi connectivity index (χ2v) is 8.90. The van der Waals surface area contributed by atoms with Gasteiger partial charge >= 0.3 is 0 Å². The summed E-state index contributed by atoms with van der Waals surface area (Å²) in [6.45, 7) is 7.59. The summed E-state index contributed by atoms with van der Waals surface area (Å²) in [5.41, 5.74) is 5.61. The number of rotatable bonds is 5. The van der Waals surface area contributed by atoms with E-state index in [0.717, 1.165) is 59.3 Å². The van der Waals surface area contributed by atoms with Crippen molar-refractivity contribution < 1.29 is 4.79 Å². The molecule has 7 heteroatoms. The number of hydrogen-bond donors (Lipinski definition) is 0. The predicted octanol–water partition coefficient (Wildman–Crippen LogP) is 4.83. The van der Waals surface area contributed by atoms with Gasteiger partial charge in [0.15, 0.2) is 0 Å². The van der Waals surface area contributed by atoms with Crippen molar-refractivity contribution >= 4 is 29.3 Å². The van der Waals surface area contributed by atoms with Gasteiger partial charge in [-0.15, -0.1) is 0 Å². The summed E-state index contributed by atoms with van der Waals surface area (Å²) in [5, 5.41) is 14.4. The molecule has 4 rings (SSSR count). The lowest BCUT2D eigenvalue weighted by molar-refractivity contribution is -0.125. The number of nitrogens with zero attached hydrogens (tertiary/aromatic N) is 5. The van der Waals surface area contributed by atoms with Crippen LogP contribution in [0.25, 0.3) is 6.08 Å². The Kier molecular flexibility index (Phi) is 7.34. The van der Waals surface area contributed by atoms with Crippen molar-refractivity contribution in [3.05, 3.63) is 87.7 Å². The van der Waals surface area contributed by atoms with E-state index in [-0.39, 0.29) is 5.91 Å². The monoisotopic (exact) mass is 473 g/mol. The molecule has 2 aromatic carbocycles. The predicted molar refractivity (Wildman–Crippen MR) is 136 cm³/mol. The van der Waals surface area contributed by atoms with Gasteiger partial charge in [0.2, 0.25) is 5.91 Å². The van der Waals surface area contributed by atoms with Gasteiger partial charge in [0.1, 0.15) is 0 Å². The zero-order valence-corrected chi connectivity index (χ0v) is 20.3. The Morgan fingerprint density at radius 3 is 2.59 bits per heavy atom. The summed E-state index contributed by atoms with van der Waals surface area (Å²) in [7, 11) is 0. The van der Waals surface area contributed by atoms with E-state index in [0.29, 0.717) is 18.7 Å². The van der Waals surface area contributed by atoms with E-state index in [1.165, 1.54) is 0 Å². The Morgan fingerprint density at radius 2 is 1.85 bits per heavy atom. The summed E-state index contributed by atoms with van der Waals surface area (Å²) < 4.78 is 1.93. The average Bonchev–Trinajstić information content (AvgIpc) is 3.00. The number of aryl methyl sites for hydroxylation is 1. The number of carbonyl (C=O) groups is 1. The highest BCUT2D eigenvalue weighted by atomic mass is 35.5. The van der Waals surface area contributed by atoms with E-state index in [9.17, 15) is 4.79 Å². The summed E-state index contributed by atoms with van der Waals surface area (Å²) in [6.07, 6.45) is 4.44. The largest absolute Gasteiger partial charge is 0.370 e. The summed E-state index contributed by atoms with van der Waals surface area (Å²) in [5.74, 6) is 0.0133. The number of nitriles is 1. The van der Waals surface area contributed by atoms with Gasteiger partial charge in [-0.25, -0.2) is 0 Å². The normalized spacial score (nSPS) is 14.3. The van der Waals surface area contributed by atoms with E-state index < -0.39 is 0 Å². The molecular weight excluding hydrogens is 446 g/mol. The smallest absolute Gasteiger partial charge is 0.246 e. The highest BCUT2D eigenvalue weighted by Crippen LogP contribution is 2.21. The zero-order valence-electron chi connectivity index (χ0n) is 19.5. The maximum Gasteiger partial charge on any atom is 0.246 e. The molecule has 174 valence electrons. The van der Waals surface area contributed by atoms with Gasteiger partial charge in [0.25, 0.3) is 0 Å². The molecule has 0 saturated carbocycles. The zero-order chi connectivity index (χ0) is 24.1. The number of carbonyl (C=O) groups excluding carboxylic acids is 1. The Balaban J connectivity index is 1.41. The second kappa shape index (κ2) is 10.6. The highest BCUT2D eigenvalue weighted by molar-refractivity contribution is 6.31. The van der Waals surface area contributed by atoms with Gasteiger partial charge in [-0.3, -0.25) is 9.48 Å². The molecule has 1 aliphatic rings. The topological polar surface area (TPSA) is 65.2 Å². The minimum Gasteiger partial charge on any atom is -0.370 e. The molecular formula is C27H28ClN5O. The molecule has 1 aliphatic heterocycles. The molecule has 34 heavy (non-hydrogen) atoms. The van der Waals surface area contributed by atoms with Crippen LogP contribution in [0.2, 0.25) is 5.02 Å². The fourth-order valence-corrected chi connectivity index (χ4v) is 4.49. The van der Waals surface area contributed by atoms with E-state index in [1.807, 2.05) is 78.0 Å². The summed E-state index contributed by atoms with van der Waals surface area (Å²) in [6, 6.07) is 17.5. The molecule has 2 heterocycles. The minimum atomic E-state index is 0.0133. The van der Waals surface area contributed by atoms with Crippen LogP contribution in [-0.2, 0) is 11.3 Å². The number of anilines is 1. The van der Waals surface area contributed by atoms with Gasteiger partial charge < -0.3 is 9.80 Å². The van der Waals surface area contributed by atoms with Crippen LogP contribution in [0.5, 0.6) is 0 Å². The Bertz CT molecular complexity index is 1240. The maximum atomic E-state index is 13.0. The van der Waals surface area contributed by atoms with Crippen LogP contribution in [0.1, 0.15) is 34.5 Å². The molecule has 1 aromatic heterocycles. The number of aromatic nitrogens is 2. The second-order valence-electron chi connectivity index (χ2n) is 8.49. The Labute approximate surface area is 205 Å². The molecule has 0 radical (unpaired) electrons. The van der Waals surface area contributed by atoms with Crippen molar-refractivity contribution in [3.63, 3.8) is 0 Å². The minimum absolute atomic E-state index is 0.0133. The third kappa shape index (κ3) is 5.32. The Hall–Kier alpha value is -3.56. The van der Waals surface area contributed by atoms with Crippen molar-refractivity contribution in [2.45, 2.75) is 26.8 Å². The van der Waals surface area contributed by atoms with Gasteiger partial charge in [0, 0.05) is 54.2 Å². The fourth-order valence-electron chi connectivity index (χ4n) is 4.30. The van der Waals surface area contributed by atoms with Gasteiger partial charge in [-0.2, -0.15) is 10.4 Å². The van der Waals surface area contributed by atoms with Gasteiger partial charge in [0.05, 0.1) is 23.9 Å². The molecule has 1 amide bonds. The molecule has 0 N–H and O–H groups in total. The molecule has 0 atom stereocenters. The number of halogens is 1. The maximum absolute atomic E-state index is 13.0. The van der Waals surface area contributed by atoms with Crippen LogP contribution < -0.4 is 4.90 Å². The lowest BCUT2D eigenvalue weighted by Crippen LogP contribution is -2.34. The van der Waals surface area contributed by atoms with Crippen LogP contribution >= 0.6 is 11.6 Å². The first-order valence-electron chi connectivity index (χ1n) is 11.5. The first-order valence-corrected chi connectivity index (χ1v) is 11.8. The van der Waals surface area contributed by atoms with Crippen molar-refractivity contribution in [2.75, 3.05) is 31.1 Å². The van der Waals surface area contributed by atoms with Crippen LogP contribution in [0.4, 0.5) is 5.69 Å². The quantitative estimate of drug-likeness (QED) is 0.498. The molecule has 0 aliphatic carbocycles. The third-order valence-electron chi connectivity index (χ3n) is 6.28. The van der Waals surface area contributed by atoms with E-state index in [4.69, 9.17) is 16.9 Å². The molecule has 0 spiro atoms. The molecule has 1 fully saturated rings. The SMILES string of the molecule is Cc1nn(Cc2ccccc2Cl)c(C)c1/C=C/C(=O)N1CCCN(c2ccc(C#N)cc2)CC1. The van der Waals surface area contributed by atoms with E-state index in [1.54, 1.807) is 6.08 Å². The Morgan fingerprint density at radius 1 is 1.09 bits per heavy atom. The lowest BCUT2D eigenvalue weighted by atomic mass is 10.1. The van der Waals surface area contributed by atoms with Crippen molar-refractivity contribution in [1.82, 2.24) is 14.7 Å². The van der Waals surface area contributed by atoms with Crippen molar-refractivity contribution in [1.29, 1.82) is 5.26 Å². The molecule has 0 bridgehead atoms. The number of benzene rings is 2. The molecule has 0 unspecified atom stereocenters. The van der Waals surface area contributed by atoms with Crippen molar-refractivity contribution in [3.8, 4) is 6.07 Å². The average molecular weight is 474 g/mol. The van der Waals surface area contributed by atoms with Crippen LogP contribution in [0.3, 0.4) is 0 Å². The molecule has 6 nitrogen and oxygen atoms in total. The van der Waals surface area contributed by atoms with Crippen LogP contribution in [0.15, 0.2) is 54.6 Å². The standard InChI is InChI=1S/C27H28ClN5O/c1-20-25(21(2)33(30-20)19-23-6-3-4-7-26(23)28)12-13-27(34)32-15-5-14-31(16-17-32)24-10-8-22(18-29)9-11-24/h3-4,6-13H,5,14-17,19H2,1-2H3/b13-12+. The van der Waals surface area contributed by atoms with Gasteiger partial charge in [-0.1, -0.05) is 29.8 Å². The first kappa shape index (κ1) is 23.6. The summed E-state index contributed by atoms with van der Waals surface area (Å²) in [4.78, 5) is 17.1. The summed E-state index contributed by atoms with van der Waals surface area (Å²) >= 11 is 6.32. The number of amides is 1. The number of hydrogen-bond acceptors (Lipinski definition) is 4. The fraction of sp³-hybridized carbons (Fsp3) is 0.296. The highest BCUT2D eigenvalue weighted by Gasteiger charge is 2.18. The molecule has 3 aromatic rings. The van der Waals surface area contributed by atoms with E-state index in [2.05, 4.69) is 16.1 Å². The van der Waals surface area contributed by atoms with Crippen molar-refractivity contribution in [2.24, 2.45) is 0 Å². The molecule has 1 saturated heterocycles. The first-order chi connectivity index (χ1) is 16.5. The van der Waals surface area contributed by atoms with Gasteiger partial charge in [-0.05, 0) is 62.2 Å². The van der Waals surface area contributed by atoms with E-state index >= 15 is 0 Å². The van der Waals surface area contributed by atoms with Crippen LogP contribution in [0, 0.1) is 25.2 Å². The van der Waals surface area contributed by atoms with Crippen LogP contribution in [-0.4, -0.2) is 46.8 Å².